The number of aryl methyl sites for hydroxylation is 1. The Labute approximate surface area is 142 Å². The lowest BCUT2D eigenvalue weighted by Crippen LogP contribution is -2.51. The van der Waals surface area contributed by atoms with Gasteiger partial charge in [-0.3, -0.25) is 0 Å². The first kappa shape index (κ1) is 14.9. The number of halogens is 1. The molecule has 0 spiro atoms. The molecule has 0 saturated heterocycles. The fraction of sp³-hybridized carbons (Fsp3) is 0.0476. The van der Waals surface area contributed by atoms with Crippen LogP contribution in [0.25, 0.3) is 10.9 Å². The van der Waals surface area contributed by atoms with Gasteiger partial charge < -0.3 is 4.57 Å². The fourth-order valence-electron chi connectivity index (χ4n) is 3.25. The van der Waals surface area contributed by atoms with E-state index >= 15 is 0 Å². The summed E-state index contributed by atoms with van der Waals surface area (Å²) in [5.74, 6) is -0.183. The van der Waals surface area contributed by atoms with E-state index in [4.69, 9.17) is 0 Å². The van der Waals surface area contributed by atoms with Crippen LogP contribution >= 0.6 is 0 Å². The third kappa shape index (κ3) is 2.57. The molecule has 1 radical (unpaired) electrons. The monoisotopic (exact) mass is 330 g/mol. The smallest absolute Gasteiger partial charge is 0.157 e. The molecule has 0 unspecified atom stereocenters. The molecule has 0 fully saturated rings. The van der Waals surface area contributed by atoms with Gasteiger partial charge >= 0.3 is 0 Å². The Kier molecular flexibility index (Phi) is 3.79. The van der Waals surface area contributed by atoms with Crippen LogP contribution in [0, 0.1) is 5.82 Å². The Morgan fingerprint density at radius 2 is 1.38 bits per heavy atom. The second kappa shape index (κ2) is 6.10. The van der Waals surface area contributed by atoms with Crippen molar-refractivity contribution in [1.29, 1.82) is 0 Å². The molecule has 1 heterocycles. The second-order valence-electron chi connectivity index (χ2n) is 5.92. The van der Waals surface area contributed by atoms with Crippen molar-refractivity contribution in [1.82, 2.24) is 4.57 Å². The summed E-state index contributed by atoms with van der Waals surface area (Å²) in [6.45, 7) is 0. The number of nitrogens with zero attached hydrogens (tertiary/aromatic N) is 1. The van der Waals surface area contributed by atoms with Gasteiger partial charge in [-0.05, 0) is 23.4 Å². The van der Waals surface area contributed by atoms with Crippen molar-refractivity contribution in [2.24, 2.45) is 7.05 Å². The van der Waals surface area contributed by atoms with Crippen LogP contribution in [0.15, 0.2) is 85.1 Å². The van der Waals surface area contributed by atoms with Crippen LogP contribution in [-0.2, 0) is 7.05 Å². The van der Waals surface area contributed by atoms with E-state index in [1.54, 1.807) is 6.07 Å². The molecule has 0 aliphatic heterocycles. The molecule has 1 aromatic heterocycles. The molecule has 0 saturated carbocycles. The molecule has 1 nitrogen and oxygen atoms in total. The maximum atomic E-state index is 13.9. The van der Waals surface area contributed by atoms with Gasteiger partial charge in [-0.2, -0.15) is 0 Å². The van der Waals surface area contributed by atoms with Gasteiger partial charge in [0.05, 0.1) is 0 Å². The highest BCUT2D eigenvalue weighted by Gasteiger charge is 2.23. The molecule has 0 amide bonds. The zero-order valence-electron chi connectivity index (χ0n) is 13.4. The van der Waals surface area contributed by atoms with E-state index in [-0.39, 0.29) is 5.82 Å². The van der Waals surface area contributed by atoms with E-state index in [2.05, 4.69) is 59.3 Å². The number of aromatic nitrogens is 1. The van der Waals surface area contributed by atoms with Crippen LogP contribution in [0.2, 0.25) is 0 Å². The summed E-state index contributed by atoms with van der Waals surface area (Å²) in [6.07, 6.45) is 2.17. The van der Waals surface area contributed by atoms with Crippen LogP contribution in [0.1, 0.15) is 0 Å². The van der Waals surface area contributed by atoms with Gasteiger partial charge in [0.25, 0.3) is 0 Å². The summed E-state index contributed by atoms with van der Waals surface area (Å²) in [7, 11) is 0.841. The molecule has 0 bridgehead atoms. The van der Waals surface area contributed by atoms with E-state index in [9.17, 15) is 4.39 Å². The number of benzene rings is 3. The van der Waals surface area contributed by atoms with Crippen LogP contribution in [0.4, 0.5) is 4.39 Å². The molecule has 4 rings (SSSR count). The Hall–Kier alpha value is -2.65. The highest BCUT2D eigenvalue weighted by molar-refractivity contribution is 6.96. The Balaban J connectivity index is 2.00. The average molecular weight is 330 g/mol. The minimum absolute atomic E-state index is 0.183. The van der Waals surface area contributed by atoms with Gasteiger partial charge in [-0.15, -0.1) is 0 Å². The minimum Gasteiger partial charge on any atom is -0.351 e. The van der Waals surface area contributed by atoms with Gasteiger partial charge in [0.2, 0.25) is 0 Å². The largest absolute Gasteiger partial charge is 0.351 e. The molecule has 117 valence electrons. The fourth-order valence-corrected chi connectivity index (χ4v) is 6.05. The summed E-state index contributed by atoms with van der Waals surface area (Å²) in [6, 6.07) is 26.2. The molecule has 24 heavy (non-hydrogen) atoms. The molecule has 4 aromatic rings. The summed E-state index contributed by atoms with van der Waals surface area (Å²) >= 11 is 0. The third-order valence-corrected chi connectivity index (χ3v) is 7.10. The maximum absolute atomic E-state index is 13.9. The molecule has 3 aromatic carbocycles. The quantitative estimate of drug-likeness (QED) is 0.509. The third-order valence-electron chi connectivity index (χ3n) is 4.35. The first-order chi connectivity index (χ1) is 11.7. The van der Waals surface area contributed by atoms with Crippen molar-refractivity contribution in [3.8, 4) is 0 Å². The number of fused-ring (bicyclic) bond motifs is 1. The summed E-state index contributed by atoms with van der Waals surface area (Å²) in [4.78, 5) is 0. The Morgan fingerprint density at radius 3 is 1.96 bits per heavy atom. The zero-order valence-corrected chi connectivity index (χ0v) is 14.4. The molecular formula is C21H17FNSi. The topological polar surface area (TPSA) is 4.93 Å². The first-order valence-electron chi connectivity index (χ1n) is 7.97. The van der Waals surface area contributed by atoms with Gasteiger partial charge in [-0.1, -0.05) is 71.0 Å². The number of hydrogen-bond donors (Lipinski definition) is 0. The molecular weight excluding hydrogens is 313 g/mol. The van der Waals surface area contributed by atoms with Crippen LogP contribution in [0.5, 0.6) is 0 Å². The van der Waals surface area contributed by atoms with Crippen molar-refractivity contribution in [3.63, 3.8) is 0 Å². The molecule has 0 N–H and O–H groups in total. The van der Waals surface area contributed by atoms with E-state index < -0.39 is 8.80 Å². The average Bonchev–Trinajstić information content (AvgIpc) is 2.93. The van der Waals surface area contributed by atoms with Crippen LogP contribution in [-0.4, -0.2) is 13.4 Å². The molecule has 0 atom stereocenters. The predicted octanol–water partition coefficient (Wildman–Crippen LogP) is 2.83. The molecule has 3 heteroatoms. The number of hydrogen-bond acceptors (Lipinski definition) is 0. The number of rotatable bonds is 3. The molecule has 0 aliphatic carbocycles. The normalized spacial score (nSPS) is 11.3. The van der Waals surface area contributed by atoms with Crippen LogP contribution in [0.3, 0.4) is 0 Å². The lowest BCUT2D eigenvalue weighted by atomic mass is 10.2. The SMILES string of the molecule is Cn1cc([Si](c2ccccc2)c2ccccc2)c2cc(F)ccc21. The van der Waals surface area contributed by atoms with Crippen molar-refractivity contribution >= 4 is 35.3 Å². The van der Waals surface area contributed by atoms with Gasteiger partial charge in [-0.25, -0.2) is 4.39 Å². The summed E-state index contributed by atoms with van der Waals surface area (Å²) in [5, 5.41) is 4.87. The predicted molar refractivity (Wildman–Crippen MR) is 100 cm³/mol. The van der Waals surface area contributed by atoms with Gasteiger partial charge in [0.1, 0.15) is 5.82 Å². The van der Waals surface area contributed by atoms with E-state index in [0.717, 1.165) is 10.9 Å². The van der Waals surface area contributed by atoms with E-state index in [1.807, 2.05) is 25.2 Å². The van der Waals surface area contributed by atoms with Crippen molar-refractivity contribution in [3.05, 3.63) is 90.9 Å². The van der Waals surface area contributed by atoms with Crippen molar-refractivity contribution in [2.75, 3.05) is 0 Å². The second-order valence-corrected chi connectivity index (χ2v) is 8.37. The Bertz CT molecular complexity index is 937. The lowest BCUT2D eigenvalue weighted by Gasteiger charge is -2.15. The highest BCUT2D eigenvalue weighted by Crippen LogP contribution is 2.15. The van der Waals surface area contributed by atoms with Gasteiger partial charge in [0, 0.05) is 24.1 Å². The standard InChI is InChI=1S/C21H17FNSi/c1-23-15-21(19-14-16(22)12-13-20(19)23)24(17-8-4-2-5-9-17)18-10-6-3-7-11-18/h2-15H,1H3. The van der Waals surface area contributed by atoms with Crippen molar-refractivity contribution in [2.45, 2.75) is 0 Å². The van der Waals surface area contributed by atoms with E-state index in [0.29, 0.717) is 0 Å². The van der Waals surface area contributed by atoms with Crippen LogP contribution < -0.4 is 15.6 Å². The summed E-state index contributed by atoms with van der Waals surface area (Å²) < 4.78 is 16.0. The first-order valence-corrected chi connectivity index (χ1v) is 9.47. The molecule has 0 aliphatic rings. The van der Waals surface area contributed by atoms with Gasteiger partial charge in [0.15, 0.2) is 8.80 Å². The highest BCUT2D eigenvalue weighted by atomic mass is 28.3. The zero-order chi connectivity index (χ0) is 16.5. The lowest BCUT2D eigenvalue weighted by molar-refractivity contribution is 0.629. The minimum atomic E-state index is -1.19. The maximum Gasteiger partial charge on any atom is 0.157 e. The van der Waals surface area contributed by atoms with E-state index in [1.165, 1.54) is 21.6 Å². The summed E-state index contributed by atoms with van der Waals surface area (Å²) in [5.41, 5.74) is 1.07. The van der Waals surface area contributed by atoms with Crippen molar-refractivity contribution < 1.29 is 4.39 Å². The Morgan fingerprint density at radius 1 is 0.792 bits per heavy atom.